The number of ether oxygens (including phenoxy) is 3. The van der Waals surface area contributed by atoms with Crippen molar-refractivity contribution < 1.29 is 19.0 Å². The van der Waals surface area contributed by atoms with E-state index in [1.165, 1.54) is 19.3 Å². The number of hydrogen-bond acceptors (Lipinski definition) is 4. The summed E-state index contributed by atoms with van der Waals surface area (Å²) >= 11 is 0. The van der Waals surface area contributed by atoms with Gasteiger partial charge in [-0.05, 0) is 72.9 Å². The summed E-state index contributed by atoms with van der Waals surface area (Å²) in [5, 5.41) is 0. The van der Waals surface area contributed by atoms with Crippen LogP contribution in [0.4, 0.5) is 0 Å². The van der Waals surface area contributed by atoms with Crippen LogP contribution >= 0.6 is 0 Å². The van der Waals surface area contributed by atoms with Crippen LogP contribution in [0, 0.1) is 0 Å². The Labute approximate surface area is 203 Å². The topological polar surface area (TPSA) is 44.8 Å². The molecule has 0 amide bonds. The van der Waals surface area contributed by atoms with Crippen molar-refractivity contribution in [2.75, 3.05) is 13.2 Å². The maximum absolute atomic E-state index is 12.5. The number of benzene rings is 3. The molecule has 1 unspecified atom stereocenters. The van der Waals surface area contributed by atoms with E-state index in [4.69, 9.17) is 14.2 Å². The first-order chi connectivity index (χ1) is 16.6. The van der Waals surface area contributed by atoms with Crippen LogP contribution in [0.2, 0.25) is 0 Å². The summed E-state index contributed by atoms with van der Waals surface area (Å²) in [6.07, 6.45) is 5.77. The lowest BCUT2D eigenvalue weighted by atomic mass is 10.1. The number of carbonyl (C=O) groups is 1. The Balaban J connectivity index is 1.52. The highest BCUT2D eigenvalue weighted by Gasteiger charge is 2.11. The van der Waals surface area contributed by atoms with Crippen molar-refractivity contribution in [2.45, 2.75) is 59.0 Å². The third kappa shape index (κ3) is 7.74. The fraction of sp³-hybridized carbons (Fsp3) is 0.367. The SMILES string of the molecule is CCCCCCOc1ccc(-c2ccc(OC(=O)c3ccc(C(C)OCCC)cc3)cc2)cc1. The van der Waals surface area contributed by atoms with Crippen LogP contribution in [0.1, 0.15) is 74.9 Å². The molecule has 180 valence electrons. The normalized spacial score (nSPS) is 11.7. The van der Waals surface area contributed by atoms with Gasteiger partial charge in [-0.25, -0.2) is 4.79 Å². The molecule has 3 aromatic carbocycles. The van der Waals surface area contributed by atoms with Crippen LogP contribution in [0.5, 0.6) is 11.5 Å². The Kier molecular flexibility index (Phi) is 10.2. The van der Waals surface area contributed by atoms with Gasteiger partial charge in [-0.2, -0.15) is 0 Å². The molecule has 0 heterocycles. The van der Waals surface area contributed by atoms with E-state index < -0.39 is 0 Å². The van der Waals surface area contributed by atoms with Crippen LogP contribution in [-0.2, 0) is 4.74 Å². The van der Waals surface area contributed by atoms with Gasteiger partial charge in [0.25, 0.3) is 0 Å². The Morgan fingerprint density at radius 3 is 1.91 bits per heavy atom. The summed E-state index contributed by atoms with van der Waals surface area (Å²) in [7, 11) is 0. The van der Waals surface area contributed by atoms with Gasteiger partial charge < -0.3 is 14.2 Å². The standard InChI is InChI=1S/C30H36O4/c1-4-6-7-8-22-33-28-17-13-25(14-18-28)26-15-19-29(20-16-26)34-30(31)27-11-9-24(10-12-27)23(3)32-21-5-2/h9-20,23H,4-8,21-22H2,1-3H3. The van der Waals surface area contributed by atoms with E-state index in [9.17, 15) is 4.79 Å². The number of rotatable bonds is 13. The van der Waals surface area contributed by atoms with Crippen molar-refractivity contribution in [3.8, 4) is 22.6 Å². The Morgan fingerprint density at radius 1 is 0.706 bits per heavy atom. The molecule has 0 aliphatic carbocycles. The highest BCUT2D eigenvalue weighted by Crippen LogP contribution is 2.25. The smallest absolute Gasteiger partial charge is 0.343 e. The van der Waals surface area contributed by atoms with E-state index >= 15 is 0 Å². The fourth-order valence-electron chi connectivity index (χ4n) is 3.62. The predicted octanol–water partition coefficient (Wildman–Crippen LogP) is 8.02. The van der Waals surface area contributed by atoms with E-state index in [2.05, 4.69) is 26.0 Å². The average Bonchev–Trinajstić information content (AvgIpc) is 2.88. The van der Waals surface area contributed by atoms with Gasteiger partial charge in [0.1, 0.15) is 11.5 Å². The molecule has 0 spiro atoms. The third-order valence-corrected chi connectivity index (χ3v) is 5.71. The van der Waals surface area contributed by atoms with Gasteiger partial charge in [-0.3, -0.25) is 0 Å². The molecule has 3 rings (SSSR count). The van der Waals surface area contributed by atoms with Crippen molar-refractivity contribution in [3.05, 3.63) is 83.9 Å². The zero-order valence-corrected chi connectivity index (χ0v) is 20.6. The molecule has 3 aromatic rings. The van der Waals surface area contributed by atoms with Crippen molar-refractivity contribution >= 4 is 5.97 Å². The Hall–Kier alpha value is -3.11. The van der Waals surface area contributed by atoms with Crippen LogP contribution in [0.25, 0.3) is 11.1 Å². The number of hydrogen-bond donors (Lipinski definition) is 0. The molecule has 0 N–H and O–H groups in total. The molecule has 34 heavy (non-hydrogen) atoms. The van der Waals surface area contributed by atoms with Crippen molar-refractivity contribution in [1.29, 1.82) is 0 Å². The summed E-state index contributed by atoms with van der Waals surface area (Å²) < 4.78 is 17.1. The van der Waals surface area contributed by atoms with Crippen molar-refractivity contribution in [2.24, 2.45) is 0 Å². The zero-order chi connectivity index (χ0) is 24.2. The molecule has 0 aliphatic rings. The second-order valence-electron chi connectivity index (χ2n) is 8.48. The summed E-state index contributed by atoms with van der Waals surface area (Å²) in [5.41, 5.74) is 3.70. The highest BCUT2D eigenvalue weighted by molar-refractivity contribution is 5.91. The second kappa shape index (κ2) is 13.6. The summed E-state index contributed by atoms with van der Waals surface area (Å²) in [6, 6.07) is 23.1. The van der Waals surface area contributed by atoms with Gasteiger partial charge in [0.2, 0.25) is 0 Å². The number of unbranched alkanes of at least 4 members (excludes halogenated alkanes) is 3. The molecular weight excluding hydrogens is 424 g/mol. The third-order valence-electron chi connectivity index (χ3n) is 5.71. The molecular formula is C30H36O4. The van der Waals surface area contributed by atoms with Crippen LogP contribution in [0.15, 0.2) is 72.8 Å². The lowest BCUT2D eigenvalue weighted by Gasteiger charge is -2.13. The molecule has 0 aliphatic heterocycles. The maximum Gasteiger partial charge on any atom is 0.343 e. The van der Waals surface area contributed by atoms with Gasteiger partial charge in [-0.1, -0.05) is 69.5 Å². The van der Waals surface area contributed by atoms with Crippen LogP contribution < -0.4 is 9.47 Å². The van der Waals surface area contributed by atoms with Gasteiger partial charge in [0.15, 0.2) is 0 Å². The molecule has 0 saturated heterocycles. The van der Waals surface area contributed by atoms with Crippen LogP contribution in [0.3, 0.4) is 0 Å². The predicted molar refractivity (Wildman–Crippen MR) is 138 cm³/mol. The van der Waals surface area contributed by atoms with Crippen LogP contribution in [-0.4, -0.2) is 19.2 Å². The minimum absolute atomic E-state index is 0.00369. The molecule has 0 radical (unpaired) electrons. The first-order valence-electron chi connectivity index (χ1n) is 12.4. The summed E-state index contributed by atoms with van der Waals surface area (Å²) in [5.74, 6) is 1.04. The van der Waals surface area contributed by atoms with Gasteiger partial charge in [0, 0.05) is 6.61 Å². The van der Waals surface area contributed by atoms with Gasteiger partial charge >= 0.3 is 5.97 Å². The summed E-state index contributed by atoms with van der Waals surface area (Å²) in [4.78, 5) is 12.5. The quantitative estimate of drug-likeness (QED) is 0.147. The second-order valence-corrected chi connectivity index (χ2v) is 8.48. The Morgan fingerprint density at radius 2 is 1.32 bits per heavy atom. The largest absolute Gasteiger partial charge is 0.494 e. The van der Waals surface area contributed by atoms with E-state index in [0.29, 0.717) is 11.3 Å². The van der Waals surface area contributed by atoms with Gasteiger partial charge in [0.05, 0.1) is 18.3 Å². The molecule has 0 fully saturated rings. The molecule has 0 saturated carbocycles. The Bertz CT molecular complexity index is 991. The van der Waals surface area contributed by atoms with E-state index in [1.807, 2.05) is 55.5 Å². The minimum atomic E-state index is -0.373. The fourth-order valence-corrected chi connectivity index (χ4v) is 3.62. The van der Waals surface area contributed by atoms with Crippen molar-refractivity contribution in [1.82, 2.24) is 0 Å². The summed E-state index contributed by atoms with van der Waals surface area (Å²) in [6.45, 7) is 7.78. The molecule has 4 heteroatoms. The van der Waals surface area contributed by atoms with Gasteiger partial charge in [-0.15, -0.1) is 0 Å². The minimum Gasteiger partial charge on any atom is -0.494 e. The molecule has 0 bridgehead atoms. The molecule has 4 nitrogen and oxygen atoms in total. The highest BCUT2D eigenvalue weighted by atomic mass is 16.5. The monoisotopic (exact) mass is 460 g/mol. The first kappa shape index (κ1) is 25.5. The number of carbonyl (C=O) groups excluding carboxylic acids is 1. The maximum atomic E-state index is 12.5. The van der Waals surface area contributed by atoms with Crippen molar-refractivity contribution in [3.63, 3.8) is 0 Å². The average molecular weight is 461 g/mol. The zero-order valence-electron chi connectivity index (χ0n) is 20.6. The van der Waals surface area contributed by atoms with E-state index in [1.54, 1.807) is 12.1 Å². The molecule has 0 aromatic heterocycles. The molecule has 1 atom stereocenters. The van der Waals surface area contributed by atoms with E-state index in [-0.39, 0.29) is 12.1 Å². The first-order valence-corrected chi connectivity index (χ1v) is 12.4. The van der Waals surface area contributed by atoms with E-state index in [0.717, 1.165) is 48.5 Å². The number of esters is 1. The lowest BCUT2D eigenvalue weighted by Crippen LogP contribution is -2.09. The lowest BCUT2D eigenvalue weighted by molar-refractivity contribution is 0.0660.